The summed E-state index contributed by atoms with van der Waals surface area (Å²) in [6.07, 6.45) is 3.17. The highest BCUT2D eigenvalue weighted by atomic mass is 16.4. The maximum Gasteiger partial charge on any atom is 0.310 e. The smallest absolute Gasteiger partial charge is 0.310 e. The Labute approximate surface area is 114 Å². The Hall–Kier alpha value is -1.57. The van der Waals surface area contributed by atoms with Crippen molar-refractivity contribution in [2.24, 2.45) is 5.41 Å². The summed E-state index contributed by atoms with van der Waals surface area (Å²) >= 11 is 0. The number of nitriles is 1. The molecule has 0 aliphatic heterocycles. The fraction of sp³-hybridized carbons (Fsp3) is 0.786. The van der Waals surface area contributed by atoms with Crippen molar-refractivity contribution in [3.05, 3.63) is 0 Å². The van der Waals surface area contributed by atoms with Gasteiger partial charge in [-0.05, 0) is 25.7 Å². The molecule has 1 saturated carbocycles. The number of carbonyl (C=O) groups is 2. The first-order valence-corrected chi connectivity index (χ1v) is 6.90. The van der Waals surface area contributed by atoms with Crippen molar-refractivity contribution in [1.82, 2.24) is 4.90 Å². The van der Waals surface area contributed by atoms with E-state index in [0.717, 1.165) is 12.8 Å². The van der Waals surface area contributed by atoms with Gasteiger partial charge in [-0.25, -0.2) is 0 Å². The van der Waals surface area contributed by atoms with Gasteiger partial charge in [0.2, 0.25) is 5.91 Å². The number of rotatable bonds is 8. The molecule has 0 aromatic carbocycles. The van der Waals surface area contributed by atoms with E-state index in [1.807, 2.05) is 19.9 Å². The molecule has 0 radical (unpaired) electrons. The van der Waals surface area contributed by atoms with Gasteiger partial charge in [0.05, 0.1) is 17.9 Å². The van der Waals surface area contributed by atoms with Crippen molar-refractivity contribution in [3.63, 3.8) is 0 Å². The third-order valence-electron chi connectivity index (χ3n) is 4.07. The molecule has 1 N–H and O–H groups in total. The molecule has 5 heteroatoms. The van der Waals surface area contributed by atoms with Crippen molar-refractivity contribution in [2.45, 2.75) is 58.4 Å². The summed E-state index contributed by atoms with van der Waals surface area (Å²) in [4.78, 5) is 25.4. The Kier molecular flexibility index (Phi) is 5.34. The van der Waals surface area contributed by atoms with Crippen LogP contribution in [-0.2, 0) is 9.59 Å². The Morgan fingerprint density at radius 2 is 1.95 bits per heavy atom. The van der Waals surface area contributed by atoms with Crippen LogP contribution < -0.4 is 0 Å². The number of hydrogen-bond acceptors (Lipinski definition) is 3. The van der Waals surface area contributed by atoms with Crippen LogP contribution in [-0.4, -0.2) is 34.5 Å². The predicted octanol–water partition coefficient (Wildman–Crippen LogP) is 2.17. The second-order valence-electron chi connectivity index (χ2n) is 5.20. The molecule has 0 bridgehead atoms. The van der Waals surface area contributed by atoms with Crippen LogP contribution in [0.15, 0.2) is 0 Å². The van der Waals surface area contributed by atoms with Gasteiger partial charge in [-0.1, -0.05) is 13.8 Å². The molecule has 1 rings (SSSR count). The Balaban J connectivity index is 2.74. The molecule has 5 nitrogen and oxygen atoms in total. The van der Waals surface area contributed by atoms with Gasteiger partial charge in [0.15, 0.2) is 0 Å². The van der Waals surface area contributed by atoms with Crippen LogP contribution in [0.3, 0.4) is 0 Å². The molecule has 1 aliphatic rings. The number of amides is 1. The second-order valence-corrected chi connectivity index (χ2v) is 5.20. The fourth-order valence-corrected chi connectivity index (χ4v) is 2.34. The highest BCUT2D eigenvalue weighted by Gasteiger charge is 2.41. The monoisotopic (exact) mass is 266 g/mol. The van der Waals surface area contributed by atoms with Gasteiger partial charge in [0.1, 0.15) is 0 Å². The van der Waals surface area contributed by atoms with Gasteiger partial charge in [-0.2, -0.15) is 5.26 Å². The third-order valence-corrected chi connectivity index (χ3v) is 4.07. The zero-order valence-corrected chi connectivity index (χ0v) is 11.7. The zero-order chi connectivity index (χ0) is 14.5. The minimum absolute atomic E-state index is 0.0390. The summed E-state index contributed by atoms with van der Waals surface area (Å²) < 4.78 is 0. The SMILES string of the molecule is CCC(CC)(CC(=O)N(CCC#N)C1CC1)C(=O)O. The number of carboxylic acids is 1. The molecular weight excluding hydrogens is 244 g/mol. The van der Waals surface area contributed by atoms with E-state index in [1.165, 1.54) is 0 Å². The maximum atomic E-state index is 12.3. The van der Waals surface area contributed by atoms with Crippen molar-refractivity contribution < 1.29 is 14.7 Å². The molecule has 1 aliphatic carbocycles. The summed E-state index contributed by atoms with van der Waals surface area (Å²) in [6, 6.07) is 2.26. The van der Waals surface area contributed by atoms with Crippen LogP contribution in [0, 0.1) is 16.7 Å². The van der Waals surface area contributed by atoms with Crippen molar-refractivity contribution in [2.75, 3.05) is 6.54 Å². The Bertz CT molecular complexity index is 379. The highest BCUT2D eigenvalue weighted by molar-refractivity contribution is 5.85. The number of carboxylic acid groups (broad SMARTS) is 1. The van der Waals surface area contributed by atoms with E-state index in [2.05, 4.69) is 0 Å². The lowest BCUT2D eigenvalue weighted by molar-refractivity contribution is -0.154. The van der Waals surface area contributed by atoms with Gasteiger partial charge < -0.3 is 10.0 Å². The normalized spacial score (nSPS) is 14.8. The van der Waals surface area contributed by atoms with E-state index in [4.69, 9.17) is 5.26 Å². The van der Waals surface area contributed by atoms with E-state index in [0.29, 0.717) is 25.8 Å². The van der Waals surface area contributed by atoms with E-state index in [-0.39, 0.29) is 18.4 Å². The van der Waals surface area contributed by atoms with Gasteiger partial charge in [0, 0.05) is 19.0 Å². The average molecular weight is 266 g/mol. The number of nitrogens with zero attached hydrogens (tertiary/aromatic N) is 2. The summed E-state index contributed by atoms with van der Waals surface area (Å²) in [6.45, 7) is 4.03. The van der Waals surface area contributed by atoms with Gasteiger partial charge in [-0.3, -0.25) is 9.59 Å². The molecule has 0 aromatic heterocycles. The molecular formula is C14H22N2O3. The summed E-state index contributed by atoms with van der Waals surface area (Å²) in [5.41, 5.74) is -0.961. The molecule has 0 atom stereocenters. The predicted molar refractivity (Wildman–Crippen MR) is 70.2 cm³/mol. The lowest BCUT2D eigenvalue weighted by atomic mass is 9.79. The lowest BCUT2D eigenvalue weighted by Crippen LogP contribution is -2.40. The minimum atomic E-state index is -0.961. The van der Waals surface area contributed by atoms with E-state index in [1.54, 1.807) is 4.90 Å². The quantitative estimate of drug-likeness (QED) is 0.730. The van der Waals surface area contributed by atoms with Crippen LogP contribution >= 0.6 is 0 Å². The second kappa shape index (κ2) is 6.55. The summed E-state index contributed by atoms with van der Waals surface area (Å²) in [5, 5.41) is 18.0. The van der Waals surface area contributed by atoms with Crippen molar-refractivity contribution in [1.29, 1.82) is 5.26 Å². The van der Waals surface area contributed by atoms with Gasteiger partial charge >= 0.3 is 5.97 Å². The minimum Gasteiger partial charge on any atom is -0.481 e. The van der Waals surface area contributed by atoms with Gasteiger partial charge in [-0.15, -0.1) is 0 Å². The topological polar surface area (TPSA) is 81.4 Å². The number of aliphatic carboxylic acids is 1. The first-order chi connectivity index (χ1) is 9.00. The van der Waals surface area contributed by atoms with Crippen LogP contribution in [0.2, 0.25) is 0 Å². The van der Waals surface area contributed by atoms with Crippen LogP contribution in [0.25, 0.3) is 0 Å². The summed E-state index contributed by atoms with van der Waals surface area (Å²) in [5.74, 6) is -1.02. The number of carbonyl (C=O) groups excluding carboxylic acids is 1. The van der Waals surface area contributed by atoms with Crippen LogP contribution in [0.4, 0.5) is 0 Å². The Morgan fingerprint density at radius 3 is 2.32 bits per heavy atom. The van der Waals surface area contributed by atoms with Gasteiger partial charge in [0.25, 0.3) is 0 Å². The standard InChI is InChI=1S/C14H22N2O3/c1-3-14(4-2,13(18)19)10-12(17)16(9-5-8-15)11-6-7-11/h11H,3-7,9-10H2,1-2H3,(H,18,19). The molecule has 0 aromatic rings. The zero-order valence-electron chi connectivity index (χ0n) is 11.7. The Morgan fingerprint density at radius 1 is 1.37 bits per heavy atom. The lowest BCUT2D eigenvalue weighted by Gasteiger charge is -2.30. The molecule has 106 valence electrons. The largest absolute Gasteiger partial charge is 0.481 e. The van der Waals surface area contributed by atoms with Crippen LogP contribution in [0.1, 0.15) is 52.4 Å². The molecule has 0 unspecified atom stereocenters. The van der Waals surface area contributed by atoms with E-state index >= 15 is 0 Å². The molecule has 1 amide bonds. The molecule has 0 heterocycles. The van der Waals surface area contributed by atoms with E-state index in [9.17, 15) is 14.7 Å². The first-order valence-electron chi connectivity index (χ1n) is 6.90. The number of hydrogen-bond donors (Lipinski definition) is 1. The van der Waals surface area contributed by atoms with E-state index < -0.39 is 11.4 Å². The molecule has 0 spiro atoms. The molecule has 0 saturated heterocycles. The molecule has 19 heavy (non-hydrogen) atoms. The third kappa shape index (κ3) is 3.69. The van der Waals surface area contributed by atoms with Crippen molar-refractivity contribution >= 4 is 11.9 Å². The fourth-order valence-electron chi connectivity index (χ4n) is 2.34. The highest BCUT2D eigenvalue weighted by Crippen LogP contribution is 2.34. The van der Waals surface area contributed by atoms with Crippen molar-refractivity contribution in [3.8, 4) is 6.07 Å². The average Bonchev–Trinajstić information content (AvgIpc) is 3.20. The maximum absolute atomic E-state index is 12.3. The molecule has 1 fully saturated rings. The summed E-state index contributed by atoms with van der Waals surface area (Å²) in [7, 11) is 0. The van der Waals surface area contributed by atoms with Crippen LogP contribution in [0.5, 0.6) is 0 Å². The first kappa shape index (κ1) is 15.5.